The maximum Gasteiger partial charge on any atom is 0.161 e. The number of rotatable bonds is 2. The predicted octanol–water partition coefficient (Wildman–Crippen LogP) is 5.23. The van der Waals surface area contributed by atoms with E-state index in [0.29, 0.717) is 5.92 Å². The second-order valence-corrected chi connectivity index (χ2v) is 8.27. The highest BCUT2D eigenvalue weighted by molar-refractivity contribution is 8.00. The van der Waals surface area contributed by atoms with Gasteiger partial charge in [-0.05, 0) is 54.3 Å². The molecule has 1 aliphatic carbocycles. The summed E-state index contributed by atoms with van der Waals surface area (Å²) in [6.07, 6.45) is 2.32. The minimum atomic E-state index is 0.102. The van der Waals surface area contributed by atoms with Crippen LogP contribution < -0.4 is 9.47 Å². The Hall–Kier alpha value is -1.87. The number of thioether (sulfide) groups is 1. The van der Waals surface area contributed by atoms with Crippen LogP contribution in [0.1, 0.15) is 36.5 Å². The molecule has 23 heavy (non-hydrogen) atoms. The van der Waals surface area contributed by atoms with Gasteiger partial charge in [-0.2, -0.15) is 0 Å². The predicted molar refractivity (Wildman–Crippen MR) is 96.5 cm³/mol. The fraction of sp³-hybridized carbons (Fsp3) is 0.300. The first-order valence-corrected chi connectivity index (χ1v) is 8.62. The lowest BCUT2D eigenvalue weighted by atomic mass is 9.81. The zero-order valence-corrected chi connectivity index (χ0v) is 14.7. The Morgan fingerprint density at radius 2 is 1.70 bits per heavy atom. The average molecular weight is 324 g/mol. The second kappa shape index (κ2) is 5.07. The van der Waals surface area contributed by atoms with E-state index in [1.165, 1.54) is 27.2 Å². The molecule has 0 radical (unpaired) electrons. The third-order valence-corrected chi connectivity index (χ3v) is 6.13. The molecule has 0 amide bonds. The molecule has 118 valence electrons. The molecule has 0 spiro atoms. The lowest BCUT2D eigenvalue weighted by Crippen LogP contribution is -2.28. The Labute approximate surface area is 141 Å². The Morgan fingerprint density at radius 1 is 1.00 bits per heavy atom. The molecule has 0 saturated heterocycles. The Balaban J connectivity index is 1.95. The number of methoxy groups -OCH3 is 2. The molecule has 0 saturated carbocycles. The number of hydrogen-bond donors (Lipinski definition) is 0. The number of fused-ring (bicyclic) bond motifs is 5. The third-order valence-electron chi connectivity index (χ3n) is 4.79. The van der Waals surface area contributed by atoms with Crippen LogP contribution in [-0.4, -0.2) is 19.0 Å². The van der Waals surface area contributed by atoms with Crippen LogP contribution in [0.2, 0.25) is 0 Å². The van der Waals surface area contributed by atoms with Crippen molar-refractivity contribution in [1.29, 1.82) is 0 Å². The Morgan fingerprint density at radius 3 is 2.43 bits per heavy atom. The van der Waals surface area contributed by atoms with E-state index in [2.05, 4.69) is 56.3 Å². The highest BCUT2D eigenvalue weighted by atomic mass is 32.2. The highest BCUT2D eigenvalue weighted by Gasteiger charge is 2.43. The molecular formula is C20H20O2S. The summed E-state index contributed by atoms with van der Waals surface area (Å²) in [4.78, 5) is 1.37. The van der Waals surface area contributed by atoms with E-state index in [1.54, 1.807) is 14.2 Å². The summed E-state index contributed by atoms with van der Waals surface area (Å²) in [7, 11) is 3.39. The van der Waals surface area contributed by atoms with Crippen molar-refractivity contribution in [2.24, 2.45) is 0 Å². The smallest absolute Gasteiger partial charge is 0.161 e. The first-order chi connectivity index (χ1) is 11.0. The van der Waals surface area contributed by atoms with Crippen molar-refractivity contribution >= 4 is 23.4 Å². The van der Waals surface area contributed by atoms with Gasteiger partial charge in [0.05, 0.1) is 14.2 Å². The third kappa shape index (κ3) is 2.10. The van der Waals surface area contributed by atoms with Crippen molar-refractivity contribution in [2.45, 2.75) is 29.4 Å². The molecule has 1 atom stereocenters. The van der Waals surface area contributed by atoms with Crippen LogP contribution in [0, 0.1) is 0 Å². The lowest BCUT2D eigenvalue weighted by Gasteiger charge is -2.39. The standard InChI is InChI=1S/C20H20O2S/c1-20(2)19-14-11-17(22-4)16(21-3)10-12(14)9-15(19)13-7-5-6-8-18(13)23-20/h5-11,19H,1-4H3. The molecule has 2 nitrogen and oxygen atoms in total. The summed E-state index contributed by atoms with van der Waals surface area (Å²) in [6, 6.07) is 13.0. The molecule has 0 aromatic heterocycles. The fourth-order valence-electron chi connectivity index (χ4n) is 3.82. The van der Waals surface area contributed by atoms with Gasteiger partial charge in [-0.25, -0.2) is 0 Å². The van der Waals surface area contributed by atoms with Gasteiger partial charge in [-0.1, -0.05) is 24.3 Å². The largest absolute Gasteiger partial charge is 0.493 e. The highest BCUT2D eigenvalue weighted by Crippen LogP contribution is 2.60. The zero-order valence-electron chi connectivity index (χ0n) is 13.8. The van der Waals surface area contributed by atoms with E-state index in [1.807, 2.05) is 11.8 Å². The molecule has 2 aromatic carbocycles. The van der Waals surface area contributed by atoms with Crippen molar-refractivity contribution < 1.29 is 9.47 Å². The number of benzene rings is 2. The van der Waals surface area contributed by atoms with Gasteiger partial charge in [0.15, 0.2) is 11.5 Å². The van der Waals surface area contributed by atoms with E-state index < -0.39 is 0 Å². The average Bonchev–Trinajstić information content (AvgIpc) is 2.92. The molecular weight excluding hydrogens is 304 g/mol. The maximum absolute atomic E-state index is 5.52. The van der Waals surface area contributed by atoms with Gasteiger partial charge in [0.25, 0.3) is 0 Å². The number of ether oxygens (including phenoxy) is 2. The van der Waals surface area contributed by atoms with Crippen molar-refractivity contribution in [3.63, 3.8) is 0 Å². The van der Waals surface area contributed by atoms with Crippen LogP contribution in [0.25, 0.3) is 11.6 Å². The van der Waals surface area contributed by atoms with E-state index in [-0.39, 0.29) is 4.75 Å². The zero-order chi connectivity index (χ0) is 16.2. The Bertz CT molecular complexity index is 820. The van der Waals surface area contributed by atoms with Gasteiger partial charge < -0.3 is 9.47 Å². The normalized spacial score (nSPS) is 20.2. The van der Waals surface area contributed by atoms with Crippen molar-refractivity contribution in [3.8, 4) is 11.5 Å². The van der Waals surface area contributed by atoms with E-state index in [0.717, 1.165) is 11.5 Å². The van der Waals surface area contributed by atoms with Gasteiger partial charge >= 0.3 is 0 Å². The molecule has 1 heterocycles. The lowest BCUT2D eigenvalue weighted by molar-refractivity contribution is 0.354. The summed E-state index contributed by atoms with van der Waals surface area (Å²) < 4.78 is 11.1. The molecule has 0 fully saturated rings. The maximum atomic E-state index is 5.52. The van der Waals surface area contributed by atoms with Crippen LogP contribution in [0.5, 0.6) is 11.5 Å². The van der Waals surface area contributed by atoms with E-state index >= 15 is 0 Å². The first-order valence-electron chi connectivity index (χ1n) is 7.81. The minimum absolute atomic E-state index is 0.102. The number of allylic oxidation sites excluding steroid dienone is 1. The van der Waals surface area contributed by atoms with E-state index in [9.17, 15) is 0 Å². The molecule has 0 N–H and O–H groups in total. The molecule has 0 bridgehead atoms. The fourth-order valence-corrected chi connectivity index (χ4v) is 5.20. The molecule has 1 unspecified atom stereocenters. The SMILES string of the molecule is COc1cc2c(cc1OC)C1C(=C2)c2ccccc2SC1(C)C. The molecule has 1 aliphatic heterocycles. The first kappa shape index (κ1) is 14.7. The van der Waals surface area contributed by atoms with E-state index in [4.69, 9.17) is 9.47 Å². The quantitative estimate of drug-likeness (QED) is 0.754. The van der Waals surface area contributed by atoms with Crippen LogP contribution in [-0.2, 0) is 0 Å². The molecule has 4 rings (SSSR count). The molecule has 3 heteroatoms. The monoisotopic (exact) mass is 324 g/mol. The summed E-state index contributed by atoms with van der Waals surface area (Å²) in [5.74, 6) is 1.97. The van der Waals surface area contributed by atoms with Gasteiger partial charge in [-0.3, -0.25) is 0 Å². The van der Waals surface area contributed by atoms with Gasteiger partial charge in [0, 0.05) is 15.6 Å². The van der Waals surface area contributed by atoms with Crippen LogP contribution >= 0.6 is 11.8 Å². The van der Waals surface area contributed by atoms with Gasteiger partial charge in [0.1, 0.15) is 0 Å². The summed E-state index contributed by atoms with van der Waals surface area (Å²) in [5, 5.41) is 0. The van der Waals surface area contributed by atoms with Crippen molar-refractivity contribution in [1.82, 2.24) is 0 Å². The van der Waals surface area contributed by atoms with Gasteiger partial charge in [-0.15, -0.1) is 11.8 Å². The van der Waals surface area contributed by atoms with Crippen LogP contribution in [0.15, 0.2) is 41.3 Å². The second-order valence-electron chi connectivity index (χ2n) is 6.57. The molecule has 2 aromatic rings. The van der Waals surface area contributed by atoms with Crippen molar-refractivity contribution in [2.75, 3.05) is 14.2 Å². The van der Waals surface area contributed by atoms with Crippen molar-refractivity contribution in [3.05, 3.63) is 53.1 Å². The topological polar surface area (TPSA) is 18.5 Å². The number of hydrogen-bond acceptors (Lipinski definition) is 3. The van der Waals surface area contributed by atoms with Gasteiger partial charge in [0.2, 0.25) is 0 Å². The minimum Gasteiger partial charge on any atom is -0.493 e. The summed E-state index contributed by atoms with van der Waals surface area (Å²) >= 11 is 1.96. The van der Waals surface area contributed by atoms with Crippen LogP contribution in [0.4, 0.5) is 0 Å². The summed E-state index contributed by atoms with van der Waals surface area (Å²) in [6.45, 7) is 4.66. The summed E-state index contributed by atoms with van der Waals surface area (Å²) in [5.41, 5.74) is 5.35. The molecule has 2 aliphatic rings. The van der Waals surface area contributed by atoms with Crippen LogP contribution in [0.3, 0.4) is 0 Å². The Kier molecular flexibility index (Phi) is 3.24.